The second kappa shape index (κ2) is 5.79. The van der Waals surface area contributed by atoms with E-state index < -0.39 is 21.9 Å². The normalized spacial score (nSPS) is 16.7. The molecule has 120 valence electrons. The highest BCUT2D eigenvalue weighted by atomic mass is 32.2. The molecule has 5 nitrogen and oxygen atoms in total. The summed E-state index contributed by atoms with van der Waals surface area (Å²) in [6.07, 6.45) is -0.580. The maximum Gasteiger partial charge on any atom is 0.337 e. The van der Waals surface area contributed by atoms with Crippen molar-refractivity contribution in [1.82, 2.24) is 0 Å². The molecular weight excluding hydrogens is 316 g/mol. The molecule has 0 spiro atoms. The Hall–Kier alpha value is -2.18. The van der Waals surface area contributed by atoms with Gasteiger partial charge in [0.2, 0.25) is 0 Å². The molecule has 1 heterocycles. The fourth-order valence-electron chi connectivity index (χ4n) is 2.95. The van der Waals surface area contributed by atoms with Crippen LogP contribution in [-0.2, 0) is 25.8 Å². The maximum absolute atomic E-state index is 11.9. The molecule has 1 N–H and O–H groups in total. The van der Waals surface area contributed by atoms with Gasteiger partial charge >= 0.3 is 5.97 Å². The molecule has 0 bridgehead atoms. The van der Waals surface area contributed by atoms with Crippen molar-refractivity contribution in [3.63, 3.8) is 0 Å². The van der Waals surface area contributed by atoms with Crippen molar-refractivity contribution in [3.05, 3.63) is 53.6 Å². The molecule has 6 heteroatoms. The number of hydrogen-bond acceptors (Lipinski definition) is 4. The van der Waals surface area contributed by atoms with Crippen molar-refractivity contribution in [2.45, 2.75) is 17.4 Å². The molecule has 3 rings (SSSR count). The Balaban J connectivity index is 2.12. The monoisotopic (exact) mass is 332 g/mol. The molecule has 1 atom stereocenters. The van der Waals surface area contributed by atoms with Gasteiger partial charge in [-0.2, -0.15) is 0 Å². The van der Waals surface area contributed by atoms with E-state index in [-0.39, 0.29) is 5.75 Å². The number of methoxy groups -OCH3 is 1. The van der Waals surface area contributed by atoms with E-state index in [2.05, 4.69) is 0 Å². The lowest BCUT2D eigenvalue weighted by Crippen LogP contribution is -2.14. The number of carboxylic acid groups (broad SMARTS) is 1. The predicted molar refractivity (Wildman–Crippen MR) is 85.0 cm³/mol. The van der Waals surface area contributed by atoms with Crippen LogP contribution in [0, 0.1) is 0 Å². The summed E-state index contributed by atoms with van der Waals surface area (Å²) in [4.78, 5) is 11.8. The molecule has 0 aliphatic carbocycles. The summed E-state index contributed by atoms with van der Waals surface area (Å²) in [6.45, 7) is 0. The Morgan fingerprint density at radius 2 is 1.96 bits per heavy atom. The molecule has 0 saturated carbocycles. The second-order valence-corrected chi connectivity index (χ2v) is 7.51. The molecule has 1 aliphatic rings. The number of sulfone groups is 1. The van der Waals surface area contributed by atoms with Crippen molar-refractivity contribution in [1.29, 1.82) is 0 Å². The van der Waals surface area contributed by atoms with Gasteiger partial charge < -0.3 is 9.84 Å². The van der Waals surface area contributed by atoms with Gasteiger partial charge in [-0.3, -0.25) is 0 Å². The Labute approximate surface area is 134 Å². The van der Waals surface area contributed by atoms with Crippen LogP contribution in [0.25, 0.3) is 11.1 Å². The Morgan fingerprint density at radius 1 is 1.22 bits per heavy atom. The van der Waals surface area contributed by atoms with Gasteiger partial charge in [0.15, 0.2) is 15.9 Å². The molecular formula is C17H16O5S. The van der Waals surface area contributed by atoms with Crippen LogP contribution in [0.15, 0.2) is 47.4 Å². The number of hydrogen-bond donors (Lipinski definition) is 1. The molecule has 1 unspecified atom stereocenters. The van der Waals surface area contributed by atoms with Crippen molar-refractivity contribution in [2.75, 3.05) is 12.9 Å². The number of carboxylic acids is 1. The van der Waals surface area contributed by atoms with Crippen molar-refractivity contribution in [3.8, 4) is 11.1 Å². The summed E-state index contributed by atoms with van der Waals surface area (Å²) in [7, 11) is -1.82. The number of aliphatic carboxylic acids is 1. The van der Waals surface area contributed by atoms with Gasteiger partial charge in [-0.15, -0.1) is 0 Å². The molecule has 0 saturated heterocycles. The summed E-state index contributed by atoms with van der Waals surface area (Å²) < 4.78 is 28.9. The zero-order valence-electron chi connectivity index (χ0n) is 12.5. The summed E-state index contributed by atoms with van der Waals surface area (Å²) in [5, 5.41) is 9.32. The minimum absolute atomic E-state index is 0.128. The lowest BCUT2D eigenvalue weighted by atomic mass is 9.94. The van der Waals surface area contributed by atoms with E-state index in [0.29, 0.717) is 16.9 Å². The first-order chi connectivity index (χ1) is 10.9. The van der Waals surface area contributed by atoms with E-state index in [1.54, 1.807) is 24.3 Å². The Morgan fingerprint density at radius 3 is 2.65 bits per heavy atom. The second-order valence-electron chi connectivity index (χ2n) is 5.43. The average Bonchev–Trinajstić information content (AvgIpc) is 2.83. The third-order valence-electron chi connectivity index (χ3n) is 4.05. The first kappa shape index (κ1) is 15.7. The highest BCUT2D eigenvalue weighted by molar-refractivity contribution is 7.91. The average molecular weight is 332 g/mol. The zero-order chi connectivity index (χ0) is 16.6. The quantitative estimate of drug-likeness (QED) is 0.930. The van der Waals surface area contributed by atoms with Crippen molar-refractivity contribution < 1.29 is 23.1 Å². The molecule has 0 fully saturated rings. The lowest BCUT2D eigenvalue weighted by molar-refractivity contribution is -0.148. The van der Waals surface area contributed by atoms with Gasteiger partial charge in [0.05, 0.1) is 10.6 Å². The Bertz CT molecular complexity index is 870. The fourth-order valence-corrected chi connectivity index (χ4v) is 4.49. The van der Waals surface area contributed by atoms with Crippen LogP contribution >= 0.6 is 0 Å². The van der Waals surface area contributed by atoms with Gasteiger partial charge in [-0.05, 0) is 40.8 Å². The predicted octanol–water partition coefficient (Wildman–Crippen LogP) is 2.46. The van der Waals surface area contributed by atoms with Crippen molar-refractivity contribution in [2.24, 2.45) is 0 Å². The van der Waals surface area contributed by atoms with Crippen LogP contribution in [0.4, 0.5) is 0 Å². The van der Waals surface area contributed by atoms with Gasteiger partial charge in [-0.25, -0.2) is 13.2 Å². The minimum atomic E-state index is -3.17. The third-order valence-corrected chi connectivity index (χ3v) is 5.86. The van der Waals surface area contributed by atoms with Crippen molar-refractivity contribution >= 4 is 15.8 Å². The van der Waals surface area contributed by atoms with E-state index in [1.807, 2.05) is 18.2 Å². The van der Waals surface area contributed by atoms with Gasteiger partial charge in [0, 0.05) is 7.11 Å². The van der Waals surface area contributed by atoms with Gasteiger partial charge in [0.1, 0.15) is 0 Å². The summed E-state index contributed by atoms with van der Waals surface area (Å²) in [6, 6.07) is 12.2. The van der Waals surface area contributed by atoms with E-state index >= 15 is 0 Å². The first-order valence-electron chi connectivity index (χ1n) is 7.14. The molecule has 0 aromatic heterocycles. The SMILES string of the molecule is COC(C(=O)O)c1ccccc1-c1ccc2c(c1)CCS2(=O)=O. The van der Waals surface area contributed by atoms with Crippen LogP contribution in [0.5, 0.6) is 0 Å². The third kappa shape index (κ3) is 2.75. The Kier molecular flexibility index (Phi) is 3.95. The highest BCUT2D eigenvalue weighted by Gasteiger charge is 2.27. The molecule has 0 amide bonds. The van der Waals surface area contributed by atoms with Crippen LogP contribution in [0.3, 0.4) is 0 Å². The van der Waals surface area contributed by atoms with E-state index in [9.17, 15) is 18.3 Å². The van der Waals surface area contributed by atoms with Gasteiger partial charge in [0.25, 0.3) is 0 Å². The van der Waals surface area contributed by atoms with Crippen LogP contribution < -0.4 is 0 Å². The number of ether oxygens (including phenoxy) is 1. The number of aryl methyl sites for hydroxylation is 1. The van der Waals surface area contributed by atoms with E-state index in [4.69, 9.17) is 4.74 Å². The smallest absolute Gasteiger partial charge is 0.337 e. The fraction of sp³-hybridized carbons (Fsp3) is 0.235. The number of carbonyl (C=O) groups is 1. The minimum Gasteiger partial charge on any atom is -0.479 e. The first-order valence-corrected chi connectivity index (χ1v) is 8.80. The standard InChI is InChI=1S/C17H16O5S/c1-22-16(17(18)19)14-5-3-2-4-13(14)11-6-7-15-12(10-11)8-9-23(15,20)21/h2-7,10,16H,8-9H2,1H3,(H,18,19). The molecule has 0 radical (unpaired) electrons. The summed E-state index contributed by atoms with van der Waals surface area (Å²) in [5.74, 6) is -0.938. The van der Waals surface area contributed by atoms with E-state index in [1.165, 1.54) is 7.11 Å². The number of rotatable bonds is 4. The topological polar surface area (TPSA) is 80.7 Å². The maximum atomic E-state index is 11.9. The lowest BCUT2D eigenvalue weighted by Gasteiger charge is -2.16. The van der Waals surface area contributed by atoms with E-state index in [0.717, 1.165) is 16.7 Å². The summed E-state index contributed by atoms with van der Waals surface area (Å²) >= 11 is 0. The molecule has 2 aromatic carbocycles. The largest absolute Gasteiger partial charge is 0.479 e. The van der Waals surface area contributed by atoms with Gasteiger partial charge in [-0.1, -0.05) is 30.3 Å². The summed E-state index contributed by atoms with van der Waals surface area (Å²) in [5.41, 5.74) is 2.85. The zero-order valence-corrected chi connectivity index (χ0v) is 13.3. The van der Waals surface area contributed by atoms with Crippen LogP contribution in [0.1, 0.15) is 17.2 Å². The highest BCUT2D eigenvalue weighted by Crippen LogP contribution is 2.34. The van der Waals surface area contributed by atoms with Crippen LogP contribution in [-0.4, -0.2) is 32.4 Å². The molecule has 2 aromatic rings. The number of fused-ring (bicyclic) bond motifs is 1. The molecule has 23 heavy (non-hydrogen) atoms. The molecule has 1 aliphatic heterocycles. The number of benzene rings is 2. The van der Waals surface area contributed by atoms with Crippen LogP contribution in [0.2, 0.25) is 0 Å².